The van der Waals surface area contributed by atoms with Gasteiger partial charge < -0.3 is 19.3 Å². The van der Waals surface area contributed by atoms with Crippen LogP contribution in [-0.4, -0.2) is 67.1 Å². The van der Waals surface area contributed by atoms with Crippen LogP contribution in [0.2, 0.25) is 0 Å². The number of hydrogen-bond acceptors (Lipinski definition) is 6. The van der Waals surface area contributed by atoms with Crippen LogP contribution in [-0.2, 0) is 6.54 Å². The normalized spacial score (nSPS) is 18.0. The second-order valence-corrected chi connectivity index (χ2v) is 8.00. The van der Waals surface area contributed by atoms with Crippen LogP contribution in [0.5, 0.6) is 17.2 Å². The molecule has 0 radical (unpaired) electrons. The highest BCUT2D eigenvalue weighted by molar-refractivity contribution is 5.44. The molecule has 0 aliphatic carbocycles. The summed E-state index contributed by atoms with van der Waals surface area (Å²) in [5.41, 5.74) is 3.56. The van der Waals surface area contributed by atoms with Crippen molar-refractivity contribution in [3.05, 3.63) is 53.1 Å². The molecule has 2 aliphatic heterocycles. The minimum absolute atomic E-state index is 0.312. The van der Waals surface area contributed by atoms with Gasteiger partial charge in [0.1, 0.15) is 18.5 Å². The molecule has 1 N–H and O–H groups in total. The molecule has 0 saturated carbocycles. The van der Waals surface area contributed by atoms with E-state index < -0.39 is 6.10 Å². The average molecular weight is 399 g/mol. The quantitative estimate of drug-likeness (QED) is 0.774. The SMILES string of the molecule is Cc1ccc(OC[C@@H](O)CN2CCN(Cc3ccc4c(c3)OCO4)CC2)c(C)c1. The maximum atomic E-state index is 10.4. The number of hydrogen-bond donors (Lipinski definition) is 1. The van der Waals surface area contributed by atoms with Gasteiger partial charge in [-0.1, -0.05) is 23.8 Å². The van der Waals surface area contributed by atoms with Gasteiger partial charge in [-0.25, -0.2) is 0 Å². The largest absolute Gasteiger partial charge is 0.491 e. The van der Waals surface area contributed by atoms with E-state index in [0.717, 1.165) is 55.5 Å². The van der Waals surface area contributed by atoms with E-state index in [1.54, 1.807) is 0 Å². The van der Waals surface area contributed by atoms with Crippen LogP contribution in [0.15, 0.2) is 36.4 Å². The van der Waals surface area contributed by atoms with Crippen LogP contribution < -0.4 is 14.2 Å². The summed E-state index contributed by atoms with van der Waals surface area (Å²) in [7, 11) is 0. The molecule has 156 valence electrons. The predicted molar refractivity (Wildman–Crippen MR) is 112 cm³/mol. The molecule has 0 amide bonds. The molecule has 1 fully saturated rings. The molecule has 0 unspecified atom stereocenters. The van der Waals surface area contributed by atoms with Gasteiger partial charge in [-0.3, -0.25) is 9.80 Å². The average Bonchev–Trinajstić information content (AvgIpc) is 3.17. The van der Waals surface area contributed by atoms with Crippen molar-refractivity contribution in [2.45, 2.75) is 26.5 Å². The molecule has 29 heavy (non-hydrogen) atoms. The van der Waals surface area contributed by atoms with Crippen molar-refractivity contribution in [2.75, 3.05) is 46.1 Å². The van der Waals surface area contributed by atoms with E-state index in [1.165, 1.54) is 11.1 Å². The van der Waals surface area contributed by atoms with Crippen LogP contribution >= 0.6 is 0 Å². The monoisotopic (exact) mass is 398 g/mol. The number of aryl methyl sites for hydroxylation is 2. The summed E-state index contributed by atoms with van der Waals surface area (Å²) >= 11 is 0. The van der Waals surface area contributed by atoms with E-state index in [4.69, 9.17) is 14.2 Å². The van der Waals surface area contributed by atoms with E-state index in [0.29, 0.717) is 19.9 Å². The van der Waals surface area contributed by atoms with Crippen LogP contribution in [0.1, 0.15) is 16.7 Å². The first-order valence-electron chi connectivity index (χ1n) is 10.3. The Morgan fingerprint density at radius 3 is 2.52 bits per heavy atom. The number of aliphatic hydroxyl groups is 1. The lowest BCUT2D eigenvalue weighted by molar-refractivity contribution is 0.0445. The zero-order chi connectivity index (χ0) is 20.2. The predicted octanol–water partition coefficient (Wildman–Crippen LogP) is 2.59. The molecule has 2 aromatic carbocycles. The molecule has 6 nitrogen and oxygen atoms in total. The molecule has 0 aromatic heterocycles. The number of fused-ring (bicyclic) bond motifs is 1. The van der Waals surface area contributed by atoms with Crippen molar-refractivity contribution in [3.63, 3.8) is 0 Å². The molecular formula is C23H30N2O4. The molecule has 6 heteroatoms. The molecule has 4 rings (SSSR count). The zero-order valence-corrected chi connectivity index (χ0v) is 17.3. The first-order valence-corrected chi connectivity index (χ1v) is 10.3. The highest BCUT2D eigenvalue weighted by Gasteiger charge is 2.21. The second-order valence-electron chi connectivity index (χ2n) is 8.00. The summed E-state index contributed by atoms with van der Waals surface area (Å²) in [5, 5.41) is 10.4. The van der Waals surface area contributed by atoms with E-state index in [-0.39, 0.29) is 0 Å². The minimum atomic E-state index is -0.490. The van der Waals surface area contributed by atoms with Crippen LogP contribution in [0, 0.1) is 13.8 Å². The first-order chi connectivity index (χ1) is 14.1. The Morgan fingerprint density at radius 1 is 0.966 bits per heavy atom. The molecule has 0 spiro atoms. The summed E-state index contributed by atoms with van der Waals surface area (Å²) in [6, 6.07) is 12.3. The number of benzene rings is 2. The molecule has 1 atom stereocenters. The van der Waals surface area contributed by atoms with Crippen molar-refractivity contribution in [3.8, 4) is 17.2 Å². The van der Waals surface area contributed by atoms with E-state index in [2.05, 4.69) is 34.9 Å². The Bertz CT molecular complexity index is 834. The maximum Gasteiger partial charge on any atom is 0.231 e. The molecule has 2 heterocycles. The van der Waals surface area contributed by atoms with Gasteiger partial charge in [-0.2, -0.15) is 0 Å². The van der Waals surface area contributed by atoms with E-state index in [9.17, 15) is 5.11 Å². The topological polar surface area (TPSA) is 54.4 Å². The van der Waals surface area contributed by atoms with Gasteiger partial charge in [0.25, 0.3) is 0 Å². The number of aliphatic hydroxyl groups excluding tert-OH is 1. The number of β-amino-alcohol motifs (C(OH)–C–C–N with tert-alkyl or cyclic N) is 1. The molecular weight excluding hydrogens is 368 g/mol. The molecule has 0 bridgehead atoms. The molecule has 2 aliphatic rings. The van der Waals surface area contributed by atoms with Crippen molar-refractivity contribution < 1.29 is 19.3 Å². The minimum Gasteiger partial charge on any atom is -0.491 e. The van der Waals surface area contributed by atoms with Gasteiger partial charge in [0.2, 0.25) is 6.79 Å². The fraction of sp³-hybridized carbons (Fsp3) is 0.478. The van der Waals surface area contributed by atoms with Gasteiger partial charge in [-0.15, -0.1) is 0 Å². The van der Waals surface area contributed by atoms with Crippen molar-refractivity contribution in [1.29, 1.82) is 0 Å². The third kappa shape index (κ3) is 5.21. The summed E-state index contributed by atoms with van der Waals surface area (Å²) in [6.45, 7) is 10.2. The van der Waals surface area contributed by atoms with Crippen molar-refractivity contribution >= 4 is 0 Å². The lowest BCUT2D eigenvalue weighted by Crippen LogP contribution is -2.48. The van der Waals surface area contributed by atoms with Gasteiger partial charge in [-0.05, 0) is 43.2 Å². The maximum absolute atomic E-state index is 10.4. The number of nitrogens with zero attached hydrogens (tertiary/aromatic N) is 2. The Labute approximate surface area is 172 Å². The van der Waals surface area contributed by atoms with Crippen molar-refractivity contribution in [1.82, 2.24) is 9.80 Å². The standard InChI is InChI=1S/C23H30N2O4/c1-17-3-5-21(18(2)11-17)27-15-20(26)14-25-9-7-24(8-10-25)13-19-4-6-22-23(12-19)29-16-28-22/h3-6,11-12,20,26H,7-10,13-16H2,1-2H3/t20-/m0/s1. The van der Waals surface area contributed by atoms with Gasteiger partial charge in [0.05, 0.1) is 0 Å². The van der Waals surface area contributed by atoms with Crippen LogP contribution in [0.25, 0.3) is 0 Å². The third-order valence-electron chi connectivity index (χ3n) is 5.54. The summed E-state index contributed by atoms with van der Waals surface area (Å²) < 4.78 is 16.7. The fourth-order valence-electron chi connectivity index (χ4n) is 3.93. The first kappa shape index (κ1) is 20.0. The lowest BCUT2D eigenvalue weighted by Gasteiger charge is -2.35. The molecule has 1 saturated heterocycles. The van der Waals surface area contributed by atoms with Gasteiger partial charge in [0.15, 0.2) is 11.5 Å². The second kappa shape index (κ2) is 9.03. The lowest BCUT2D eigenvalue weighted by atomic mass is 10.1. The van der Waals surface area contributed by atoms with Crippen molar-refractivity contribution in [2.24, 2.45) is 0 Å². The third-order valence-corrected chi connectivity index (χ3v) is 5.54. The Hall–Kier alpha value is -2.28. The van der Waals surface area contributed by atoms with Gasteiger partial charge in [0, 0.05) is 39.3 Å². The number of ether oxygens (including phenoxy) is 3. The molecule has 2 aromatic rings. The summed E-state index contributed by atoms with van der Waals surface area (Å²) in [4.78, 5) is 4.75. The highest BCUT2D eigenvalue weighted by Crippen LogP contribution is 2.32. The summed E-state index contributed by atoms with van der Waals surface area (Å²) in [5.74, 6) is 2.52. The Morgan fingerprint density at radius 2 is 1.72 bits per heavy atom. The number of piperazine rings is 1. The highest BCUT2D eigenvalue weighted by atomic mass is 16.7. The smallest absolute Gasteiger partial charge is 0.231 e. The van der Waals surface area contributed by atoms with E-state index in [1.807, 2.05) is 25.1 Å². The Balaban J connectivity index is 1.19. The number of rotatable bonds is 7. The fourth-order valence-corrected chi connectivity index (χ4v) is 3.93. The van der Waals surface area contributed by atoms with Gasteiger partial charge >= 0.3 is 0 Å². The van der Waals surface area contributed by atoms with E-state index >= 15 is 0 Å². The van der Waals surface area contributed by atoms with Crippen LogP contribution in [0.3, 0.4) is 0 Å². The Kier molecular flexibility index (Phi) is 6.23. The van der Waals surface area contributed by atoms with Crippen LogP contribution in [0.4, 0.5) is 0 Å². The summed E-state index contributed by atoms with van der Waals surface area (Å²) in [6.07, 6.45) is -0.490. The zero-order valence-electron chi connectivity index (χ0n) is 17.3.